The molecule has 0 amide bonds. The van der Waals surface area contributed by atoms with Gasteiger partial charge in [-0.3, -0.25) is 0 Å². The summed E-state index contributed by atoms with van der Waals surface area (Å²) in [6, 6.07) is 0. The molecule has 0 aliphatic carbocycles. The second kappa shape index (κ2) is 8.87. The van der Waals surface area contributed by atoms with Crippen molar-refractivity contribution in [3.8, 4) is 0 Å². The van der Waals surface area contributed by atoms with E-state index in [-0.39, 0.29) is 5.48 Å². The molecule has 0 aliphatic rings. The average molecular weight is 185 g/mol. The van der Waals surface area contributed by atoms with Crippen molar-refractivity contribution >= 4 is 18.8 Å². The summed E-state index contributed by atoms with van der Waals surface area (Å²) in [5.74, 6) is 0. The molecular formula is H2Cl2MoO. The zero-order chi connectivity index (χ0) is 2.71. The van der Waals surface area contributed by atoms with Crippen LogP contribution >= 0.6 is 18.8 Å². The second-order valence-electron chi connectivity index (χ2n) is 0.0583. The van der Waals surface area contributed by atoms with Crippen molar-refractivity contribution in [3.05, 3.63) is 0 Å². The summed E-state index contributed by atoms with van der Waals surface area (Å²) in [5.41, 5.74) is 0. The van der Waals surface area contributed by atoms with Crippen molar-refractivity contribution in [1.29, 1.82) is 0 Å². The minimum absolute atomic E-state index is 0. The summed E-state index contributed by atoms with van der Waals surface area (Å²) in [7, 11) is 9.79. The molecule has 0 aromatic carbocycles. The van der Waals surface area contributed by atoms with Crippen LogP contribution in [-0.4, -0.2) is 5.48 Å². The molecule has 0 aliphatic heterocycles. The molecule has 0 atom stereocenters. The quantitative estimate of drug-likeness (QED) is 0.493. The van der Waals surface area contributed by atoms with Gasteiger partial charge in [0.2, 0.25) is 0 Å². The monoisotopic (exact) mass is 186 g/mol. The topological polar surface area (TPSA) is 31.5 Å². The minimum atomic E-state index is -0.586. The van der Waals surface area contributed by atoms with Crippen LogP contribution in [0.2, 0.25) is 0 Å². The fourth-order valence-electron chi connectivity index (χ4n) is 0. The van der Waals surface area contributed by atoms with Crippen LogP contribution in [0.3, 0.4) is 0 Å². The van der Waals surface area contributed by atoms with Gasteiger partial charge in [-0.05, 0) is 0 Å². The molecule has 0 spiro atoms. The molecule has 0 radical (unpaired) electrons. The van der Waals surface area contributed by atoms with E-state index in [1.807, 2.05) is 0 Å². The normalized spacial score (nSPS) is 4.50. The van der Waals surface area contributed by atoms with E-state index in [4.69, 9.17) is 18.8 Å². The van der Waals surface area contributed by atoms with E-state index in [1.165, 1.54) is 0 Å². The van der Waals surface area contributed by atoms with E-state index < -0.39 is 16.5 Å². The zero-order valence-corrected chi connectivity index (χ0v) is 5.18. The summed E-state index contributed by atoms with van der Waals surface area (Å²) in [4.78, 5) is 0. The molecule has 0 rings (SSSR count). The molecule has 0 aromatic rings. The number of hydrogen-bond donors (Lipinski definition) is 0. The van der Waals surface area contributed by atoms with Gasteiger partial charge in [0.05, 0.1) is 0 Å². The summed E-state index contributed by atoms with van der Waals surface area (Å²) < 4.78 is 0. The molecule has 28 valence electrons. The number of halogens is 2. The van der Waals surface area contributed by atoms with Gasteiger partial charge in [-0.1, -0.05) is 0 Å². The fourth-order valence-corrected chi connectivity index (χ4v) is 0. The van der Waals surface area contributed by atoms with Crippen molar-refractivity contribution in [2.24, 2.45) is 0 Å². The first-order valence-corrected chi connectivity index (χ1v) is 5.48. The van der Waals surface area contributed by atoms with Gasteiger partial charge in [-0.15, -0.1) is 0 Å². The predicted octanol–water partition coefficient (Wildman–Crippen LogP) is 0.552. The van der Waals surface area contributed by atoms with Gasteiger partial charge in [-0.2, -0.15) is 0 Å². The third-order valence-electron chi connectivity index (χ3n) is 0. The molecular weight excluding hydrogens is 183 g/mol. The van der Waals surface area contributed by atoms with E-state index in [1.54, 1.807) is 0 Å². The Labute approximate surface area is 41.0 Å². The van der Waals surface area contributed by atoms with Crippen LogP contribution in [0.5, 0.6) is 0 Å². The fraction of sp³-hybridized carbons (Fsp3) is 0. The molecule has 0 saturated carbocycles. The molecule has 4 heavy (non-hydrogen) atoms. The Morgan fingerprint density at radius 2 is 1.25 bits per heavy atom. The maximum absolute atomic E-state index is 4.89. The Balaban J connectivity index is 0. The SMILES string of the molecule is O.[Cl][Mo][Cl]. The Morgan fingerprint density at radius 3 is 1.25 bits per heavy atom. The molecule has 0 saturated heterocycles. The molecule has 4 heteroatoms. The summed E-state index contributed by atoms with van der Waals surface area (Å²) in [6.07, 6.45) is 0. The van der Waals surface area contributed by atoms with Crippen LogP contribution in [-0.2, 0) is 16.5 Å². The van der Waals surface area contributed by atoms with Crippen molar-refractivity contribution in [1.82, 2.24) is 0 Å². The molecule has 1 nitrogen and oxygen atoms in total. The van der Waals surface area contributed by atoms with Crippen molar-refractivity contribution in [3.63, 3.8) is 0 Å². The molecule has 0 heterocycles. The van der Waals surface area contributed by atoms with Gasteiger partial charge in [0, 0.05) is 0 Å². The van der Waals surface area contributed by atoms with Crippen LogP contribution in [0, 0.1) is 0 Å². The Kier molecular flexibility index (Phi) is 19.9. The van der Waals surface area contributed by atoms with E-state index in [9.17, 15) is 0 Å². The molecule has 2 N–H and O–H groups in total. The first kappa shape index (κ1) is 8.97. The van der Waals surface area contributed by atoms with Gasteiger partial charge >= 0.3 is 35.3 Å². The zero-order valence-electron chi connectivity index (χ0n) is 1.66. The second-order valence-corrected chi connectivity index (χ2v) is 3.11. The summed E-state index contributed by atoms with van der Waals surface area (Å²) >= 11 is -0.586. The van der Waals surface area contributed by atoms with Crippen molar-refractivity contribution < 1.29 is 22.0 Å². The summed E-state index contributed by atoms with van der Waals surface area (Å²) in [5, 5.41) is 0. The van der Waals surface area contributed by atoms with Gasteiger partial charge in [0.15, 0.2) is 0 Å². The third kappa shape index (κ3) is 10.6. The van der Waals surface area contributed by atoms with E-state index in [0.717, 1.165) is 0 Å². The van der Waals surface area contributed by atoms with Crippen LogP contribution in [0.25, 0.3) is 0 Å². The average Bonchev–Trinajstić information content (AvgIpc) is 0.918. The molecule has 0 bridgehead atoms. The standard InChI is InChI=1S/2ClH.Mo.H2O/h2*1H;;1H2/q;;+2;/p-2. The predicted molar refractivity (Wildman–Crippen MR) is 15.3 cm³/mol. The third-order valence-corrected chi connectivity index (χ3v) is 0. The summed E-state index contributed by atoms with van der Waals surface area (Å²) in [6.45, 7) is 0. The van der Waals surface area contributed by atoms with E-state index in [0.29, 0.717) is 0 Å². The van der Waals surface area contributed by atoms with Crippen LogP contribution in [0.4, 0.5) is 0 Å². The Bertz CT molecular complexity index is 6.00. The van der Waals surface area contributed by atoms with Gasteiger partial charge < -0.3 is 5.48 Å². The molecule has 0 aromatic heterocycles. The van der Waals surface area contributed by atoms with Crippen molar-refractivity contribution in [2.75, 3.05) is 0 Å². The molecule has 0 unspecified atom stereocenters. The Hall–Kier alpha value is 1.23. The first-order valence-electron chi connectivity index (χ1n) is 0.309. The van der Waals surface area contributed by atoms with E-state index >= 15 is 0 Å². The maximum atomic E-state index is 4.89. The van der Waals surface area contributed by atoms with Gasteiger partial charge in [-0.25, -0.2) is 0 Å². The molecule has 0 fully saturated rings. The van der Waals surface area contributed by atoms with Crippen LogP contribution in [0.1, 0.15) is 0 Å². The van der Waals surface area contributed by atoms with Crippen molar-refractivity contribution in [2.45, 2.75) is 0 Å². The van der Waals surface area contributed by atoms with E-state index in [2.05, 4.69) is 0 Å². The first-order chi connectivity index (χ1) is 1.41. The Morgan fingerprint density at radius 1 is 1.25 bits per heavy atom. The van der Waals surface area contributed by atoms with Gasteiger partial charge in [0.1, 0.15) is 0 Å². The number of rotatable bonds is 0. The number of hydrogen-bond acceptors (Lipinski definition) is 0. The van der Waals surface area contributed by atoms with Gasteiger partial charge in [0.25, 0.3) is 0 Å². The van der Waals surface area contributed by atoms with Crippen LogP contribution < -0.4 is 0 Å². The van der Waals surface area contributed by atoms with Crippen LogP contribution in [0.15, 0.2) is 0 Å².